The van der Waals surface area contributed by atoms with Crippen LogP contribution in [-0.4, -0.2) is 43.5 Å². The average molecular weight is 368 g/mol. The maximum Gasteiger partial charge on any atom is 1.00 e. The third-order valence-corrected chi connectivity index (χ3v) is 3.12. The van der Waals surface area contributed by atoms with Crippen molar-refractivity contribution in [3.63, 3.8) is 0 Å². The van der Waals surface area contributed by atoms with Crippen LogP contribution in [0.4, 0.5) is 0 Å². The molecule has 0 aliphatic heterocycles. The van der Waals surface area contributed by atoms with Crippen LogP contribution in [0.25, 0.3) is 0 Å². The molecule has 0 amide bonds. The van der Waals surface area contributed by atoms with Crippen molar-refractivity contribution < 1.29 is 146 Å². The zero-order chi connectivity index (χ0) is 12.2. The fraction of sp³-hybridized carbons (Fsp3) is 0. The van der Waals surface area contributed by atoms with Gasteiger partial charge in [0.05, 0.1) is 10.1 Å². The zero-order valence-electron chi connectivity index (χ0n) is 7.79. The van der Waals surface area contributed by atoms with Crippen molar-refractivity contribution in [1.29, 1.82) is 0 Å². The third-order valence-electron chi connectivity index (χ3n) is 0.347. The Labute approximate surface area is 180 Å². The molecule has 16 heteroatoms. The minimum atomic E-state index is -5.07. The summed E-state index contributed by atoms with van der Waals surface area (Å²) in [5.74, 6) is 0. The molecule has 0 saturated carbocycles. The van der Waals surface area contributed by atoms with Crippen LogP contribution in [0.1, 0.15) is 0 Å². The van der Waals surface area contributed by atoms with Gasteiger partial charge >= 0.3 is 122 Å². The van der Waals surface area contributed by atoms with Gasteiger partial charge in [0.15, 0.2) is 9.15 Å². The van der Waals surface area contributed by atoms with Crippen molar-refractivity contribution in [3.05, 3.63) is 0 Å². The monoisotopic (exact) mass is 368 g/mol. The molecule has 0 rings (SSSR count). The molecule has 2 atom stereocenters. The van der Waals surface area contributed by atoms with E-state index in [1.807, 2.05) is 0 Å². The molecule has 0 aromatic rings. The molecule has 0 heterocycles. The van der Waals surface area contributed by atoms with Crippen LogP contribution in [0.15, 0.2) is 0 Å². The molecule has 0 aromatic heterocycles. The predicted octanol–water partition coefficient (Wildman–Crippen LogP) is -8.66. The standard InChI is InChI=1S/2K.2H2O5S2/c;;2*1-6(2)7(3,4)5/h;;2*(H,1,2)(H,3,4,5)/q2*+1;;/p-2. The van der Waals surface area contributed by atoms with Gasteiger partial charge in [-0.2, -0.15) is 8.42 Å². The van der Waals surface area contributed by atoms with Gasteiger partial charge in [-0.25, -0.2) is 12.6 Å². The minimum Gasteiger partial charge on any atom is -0.761 e. The van der Waals surface area contributed by atoms with E-state index in [2.05, 4.69) is 0 Å². The van der Waals surface area contributed by atoms with E-state index >= 15 is 0 Å². The molecule has 88 valence electrons. The Morgan fingerprint density at radius 1 is 1.00 bits per heavy atom. The maximum atomic E-state index is 9.34. The largest absolute Gasteiger partial charge is 1.00 e. The van der Waals surface area contributed by atoms with Gasteiger partial charge in [-0.3, -0.25) is 13.3 Å². The van der Waals surface area contributed by atoms with Gasteiger partial charge in [-0.1, -0.05) is 0 Å². The molecule has 0 saturated heterocycles. The van der Waals surface area contributed by atoms with E-state index in [0.717, 1.165) is 0 Å². The molecule has 0 fully saturated rings. The third kappa shape index (κ3) is 19.6. The summed E-state index contributed by atoms with van der Waals surface area (Å²) in [4.78, 5) is 0. The molecule has 0 aromatic carbocycles. The van der Waals surface area contributed by atoms with Gasteiger partial charge in [0.1, 0.15) is 0 Å². The summed E-state index contributed by atoms with van der Waals surface area (Å²) >= 11 is 0. The van der Waals surface area contributed by atoms with Crippen LogP contribution in [0.2, 0.25) is 0 Å². The summed E-state index contributed by atoms with van der Waals surface area (Å²) in [6, 6.07) is 0. The van der Waals surface area contributed by atoms with Gasteiger partial charge in [0.2, 0.25) is 0 Å². The Bertz CT molecular complexity index is 372. The maximum absolute atomic E-state index is 9.34. The molecule has 0 aliphatic carbocycles. The molecule has 2 N–H and O–H groups in total. The minimum absolute atomic E-state index is 0. The molecule has 10 nitrogen and oxygen atoms in total. The Morgan fingerprint density at radius 3 is 1.12 bits per heavy atom. The molecule has 2 unspecified atom stereocenters. The van der Waals surface area contributed by atoms with E-state index < -0.39 is 38.5 Å². The first-order chi connectivity index (χ1) is 5.89. The van der Waals surface area contributed by atoms with Gasteiger partial charge in [0, 0.05) is 0 Å². The Balaban J connectivity index is -0.0000000800. The van der Waals surface area contributed by atoms with E-state index in [-0.39, 0.29) is 103 Å². The van der Waals surface area contributed by atoms with Crippen molar-refractivity contribution in [2.24, 2.45) is 0 Å². The molecular formula is H2K2O10S4. The van der Waals surface area contributed by atoms with E-state index in [4.69, 9.17) is 30.8 Å². The van der Waals surface area contributed by atoms with E-state index in [0.29, 0.717) is 0 Å². The quantitative estimate of drug-likeness (QED) is 0.205. The van der Waals surface area contributed by atoms with Crippen LogP contribution in [0, 0.1) is 0 Å². The van der Waals surface area contributed by atoms with Crippen molar-refractivity contribution in [2.45, 2.75) is 0 Å². The van der Waals surface area contributed by atoms with Crippen LogP contribution < -0.4 is 103 Å². The number of hydrogen-bond donors (Lipinski definition) is 2. The van der Waals surface area contributed by atoms with Gasteiger partial charge < -0.3 is 9.11 Å². The van der Waals surface area contributed by atoms with Crippen LogP contribution in [0.3, 0.4) is 0 Å². The second-order valence-corrected chi connectivity index (χ2v) is 7.93. The van der Waals surface area contributed by atoms with Crippen LogP contribution in [-0.2, 0) is 38.5 Å². The average Bonchev–Trinajstić information content (AvgIpc) is 1.83. The first-order valence-corrected chi connectivity index (χ1v) is 8.10. The van der Waals surface area contributed by atoms with E-state index in [9.17, 15) is 12.6 Å². The van der Waals surface area contributed by atoms with Gasteiger partial charge in [-0.15, -0.1) is 0 Å². The topological polar surface area (TPSA) is 189 Å². The summed E-state index contributed by atoms with van der Waals surface area (Å²) in [5.41, 5.74) is 0. The van der Waals surface area contributed by atoms with Crippen molar-refractivity contribution in [1.82, 2.24) is 0 Å². The summed E-state index contributed by atoms with van der Waals surface area (Å²) in [6.07, 6.45) is 0. The zero-order valence-corrected chi connectivity index (χ0v) is 17.3. The first kappa shape index (κ1) is 27.6. The van der Waals surface area contributed by atoms with Crippen molar-refractivity contribution >= 4 is 38.5 Å². The summed E-state index contributed by atoms with van der Waals surface area (Å²) in [6.45, 7) is 0. The SMILES string of the molecule is O=S(O)S(=O)(=O)O.O=S([O-])S(=O)(=O)[O-].[K+].[K+]. The van der Waals surface area contributed by atoms with E-state index in [1.54, 1.807) is 0 Å². The Morgan fingerprint density at radius 2 is 1.12 bits per heavy atom. The summed E-state index contributed by atoms with van der Waals surface area (Å²) in [5, 5.41) is 0. The van der Waals surface area contributed by atoms with Crippen LogP contribution in [0.5, 0.6) is 0 Å². The Hall–Kier alpha value is 3.31. The van der Waals surface area contributed by atoms with E-state index in [1.165, 1.54) is 0 Å². The van der Waals surface area contributed by atoms with Crippen molar-refractivity contribution in [2.75, 3.05) is 0 Å². The molecule has 0 spiro atoms. The smallest absolute Gasteiger partial charge is 0.761 e. The second-order valence-electron chi connectivity index (χ2n) is 1.26. The Kier molecular flexibility index (Phi) is 20.9. The summed E-state index contributed by atoms with van der Waals surface area (Å²) in [7, 11) is -16.5. The molecule has 0 bridgehead atoms. The second kappa shape index (κ2) is 12.1. The van der Waals surface area contributed by atoms with Crippen molar-refractivity contribution in [3.8, 4) is 0 Å². The normalized spacial score (nSPS) is 14.2. The molecule has 0 aliphatic rings. The number of hydrogen-bond acceptors (Lipinski definition) is 8. The van der Waals surface area contributed by atoms with Crippen LogP contribution >= 0.6 is 0 Å². The molecule has 16 heavy (non-hydrogen) atoms. The molecule has 0 radical (unpaired) electrons. The van der Waals surface area contributed by atoms with Gasteiger partial charge in [-0.05, 0) is 0 Å². The molecular weight excluding hydrogens is 366 g/mol. The predicted molar refractivity (Wildman–Crippen MR) is 40.9 cm³/mol. The first-order valence-electron chi connectivity index (χ1n) is 2.03. The fourth-order valence-corrected chi connectivity index (χ4v) is 0. The van der Waals surface area contributed by atoms with Gasteiger partial charge in [0.25, 0.3) is 0 Å². The fourth-order valence-electron chi connectivity index (χ4n) is 0. The number of rotatable bonds is 2. The summed E-state index contributed by atoms with van der Waals surface area (Å²) < 4.78 is 88.7.